The van der Waals surface area contributed by atoms with Gasteiger partial charge in [-0.15, -0.1) is 0 Å². The number of hydrogen-bond donors (Lipinski definition) is 3. The molecule has 0 saturated carbocycles. The van der Waals surface area contributed by atoms with Crippen molar-refractivity contribution < 1.29 is 15.3 Å². The minimum Gasteiger partial charge on any atom is -0.506 e. The van der Waals surface area contributed by atoms with E-state index in [0.29, 0.717) is 5.69 Å². The summed E-state index contributed by atoms with van der Waals surface area (Å²) >= 11 is 6.00. The van der Waals surface area contributed by atoms with E-state index in [1.165, 1.54) is 6.07 Å². The smallest absolute Gasteiger partial charge is 0.134 e. The Morgan fingerprint density at radius 3 is 2.83 bits per heavy atom. The summed E-state index contributed by atoms with van der Waals surface area (Å²) in [4.78, 5) is 1.80. The first kappa shape index (κ1) is 15.6. The molecule has 0 aliphatic rings. The van der Waals surface area contributed by atoms with Crippen LogP contribution in [0.5, 0.6) is 5.75 Å². The molecular weight excluding hydrogens is 318 g/mol. The Hall–Kier alpha value is -2.28. The average molecular weight is 334 g/mol. The fraction of sp³-hybridized carbons (Fsp3) is 0.188. The van der Waals surface area contributed by atoms with E-state index in [2.05, 4.69) is 5.10 Å². The fourth-order valence-corrected chi connectivity index (χ4v) is 2.58. The molecule has 3 aromatic rings. The third kappa shape index (κ3) is 3.10. The maximum atomic E-state index is 9.88. The molecule has 0 spiro atoms. The number of halogens is 1. The lowest BCUT2D eigenvalue weighted by Crippen LogP contribution is -2.30. The Morgan fingerprint density at radius 1 is 1.26 bits per heavy atom. The number of hydrogen-bond acceptors (Lipinski definition) is 5. The first-order valence-corrected chi connectivity index (χ1v) is 7.45. The molecule has 0 saturated heterocycles. The molecule has 0 aliphatic heterocycles. The molecule has 1 unspecified atom stereocenters. The van der Waals surface area contributed by atoms with E-state index in [9.17, 15) is 15.3 Å². The lowest BCUT2D eigenvalue weighted by Gasteiger charge is -2.26. The normalized spacial score (nSPS) is 12.5. The van der Waals surface area contributed by atoms with Gasteiger partial charge in [0.25, 0.3) is 0 Å². The molecule has 7 heteroatoms. The van der Waals surface area contributed by atoms with Crippen molar-refractivity contribution in [3.8, 4) is 5.75 Å². The van der Waals surface area contributed by atoms with Crippen molar-refractivity contribution in [1.29, 1.82) is 0 Å². The van der Waals surface area contributed by atoms with Gasteiger partial charge in [-0.25, -0.2) is 4.52 Å². The minimum atomic E-state index is -0.929. The zero-order valence-corrected chi connectivity index (χ0v) is 12.9. The molecule has 2 aromatic heterocycles. The minimum absolute atomic E-state index is 0.0158. The molecular formula is C16H16ClN3O3. The van der Waals surface area contributed by atoms with Gasteiger partial charge in [0, 0.05) is 11.9 Å². The number of aromatic hydroxyl groups is 1. The van der Waals surface area contributed by atoms with Crippen LogP contribution in [0.25, 0.3) is 5.52 Å². The van der Waals surface area contributed by atoms with Crippen LogP contribution in [0.15, 0.2) is 48.8 Å². The Morgan fingerprint density at radius 2 is 2.09 bits per heavy atom. The molecule has 23 heavy (non-hydrogen) atoms. The molecule has 1 atom stereocenters. The van der Waals surface area contributed by atoms with Crippen LogP contribution >= 0.6 is 11.6 Å². The monoisotopic (exact) mass is 333 g/mol. The SMILES string of the molecule is OCC(O)CN(c1ccc(O)c(Cl)c1)c1cnn2ccccc12. The number of rotatable bonds is 5. The van der Waals surface area contributed by atoms with E-state index >= 15 is 0 Å². The maximum Gasteiger partial charge on any atom is 0.134 e. The number of fused-ring (bicyclic) bond motifs is 1. The predicted molar refractivity (Wildman–Crippen MR) is 88.4 cm³/mol. The molecule has 0 radical (unpaired) electrons. The number of aliphatic hydroxyl groups is 2. The number of aliphatic hydroxyl groups excluding tert-OH is 2. The second-order valence-corrected chi connectivity index (χ2v) is 5.55. The molecule has 6 nitrogen and oxygen atoms in total. The van der Waals surface area contributed by atoms with Gasteiger partial charge in [0.05, 0.1) is 41.7 Å². The second-order valence-electron chi connectivity index (χ2n) is 5.14. The van der Waals surface area contributed by atoms with Crippen molar-refractivity contribution in [2.24, 2.45) is 0 Å². The lowest BCUT2D eigenvalue weighted by atomic mass is 10.2. The van der Waals surface area contributed by atoms with Crippen LogP contribution in [0.3, 0.4) is 0 Å². The van der Waals surface area contributed by atoms with Crippen molar-refractivity contribution in [1.82, 2.24) is 9.61 Å². The van der Waals surface area contributed by atoms with Gasteiger partial charge in [-0.3, -0.25) is 0 Å². The van der Waals surface area contributed by atoms with Crippen LogP contribution in [0.4, 0.5) is 11.4 Å². The molecule has 0 fully saturated rings. The van der Waals surface area contributed by atoms with E-state index < -0.39 is 6.10 Å². The van der Waals surface area contributed by atoms with Gasteiger partial charge in [-0.2, -0.15) is 5.10 Å². The first-order chi connectivity index (χ1) is 11.1. The number of anilines is 2. The number of phenolic OH excluding ortho intramolecular Hbond substituents is 1. The van der Waals surface area contributed by atoms with Crippen molar-refractivity contribution in [2.75, 3.05) is 18.1 Å². The van der Waals surface area contributed by atoms with E-state index in [0.717, 1.165) is 11.2 Å². The molecule has 2 heterocycles. The number of phenols is 1. The zero-order valence-electron chi connectivity index (χ0n) is 12.2. The van der Waals surface area contributed by atoms with Crippen LogP contribution in [-0.4, -0.2) is 44.2 Å². The predicted octanol–water partition coefficient (Wildman–Crippen LogP) is 2.18. The largest absolute Gasteiger partial charge is 0.506 e. The Bertz CT molecular complexity index is 821. The topological polar surface area (TPSA) is 81.2 Å². The zero-order chi connectivity index (χ0) is 16.4. The molecule has 0 bridgehead atoms. The van der Waals surface area contributed by atoms with E-state index in [1.54, 1.807) is 27.7 Å². The van der Waals surface area contributed by atoms with Gasteiger partial charge in [-0.05, 0) is 30.3 Å². The van der Waals surface area contributed by atoms with Crippen LogP contribution < -0.4 is 4.90 Å². The van der Waals surface area contributed by atoms with Crippen LogP contribution in [-0.2, 0) is 0 Å². The van der Waals surface area contributed by atoms with Crippen molar-refractivity contribution in [3.63, 3.8) is 0 Å². The maximum absolute atomic E-state index is 9.88. The highest BCUT2D eigenvalue weighted by atomic mass is 35.5. The van der Waals surface area contributed by atoms with Gasteiger partial charge in [0.2, 0.25) is 0 Å². The lowest BCUT2D eigenvalue weighted by molar-refractivity contribution is 0.102. The van der Waals surface area contributed by atoms with Gasteiger partial charge in [-0.1, -0.05) is 17.7 Å². The van der Waals surface area contributed by atoms with E-state index in [-0.39, 0.29) is 23.9 Å². The van der Waals surface area contributed by atoms with Crippen LogP contribution in [0.2, 0.25) is 5.02 Å². The number of aromatic nitrogens is 2. The van der Waals surface area contributed by atoms with E-state index in [1.807, 2.05) is 24.4 Å². The summed E-state index contributed by atoms with van der Waals surface area (Å²) in [6.07, 6.45) is 2.57. The standard InChI is InChI=1S/C16H16ClN3O3/c17-13-7-11(4-5-16(13)23)19(9-12(22)10-21)15-8-18-20-6-2-1-3-14(15)20/h1-8,12,21-23H,9-10H2. The molecule has 1 aromatic carbocycles. The van der Waals surface area contributed by atoms with E-state index in [4.69, 9.17) is 11.6 Å². The summed E-state index contributed by atoms with van der Waals surface area (Å²) in [5, 5.41) is 33.2. The summed E-state index contributed by atoms with van der Waals surface area (Å²) in [6, 6.07) is 10.5. The molecule has 0 amide bonds. The van der Waals surface area contributed by atoms with Gasteiger partial charge < -0.3 is 20.2 Å². The first-order valence-electron chi connectivity index (χ1n) is 7.07. The third-order valence-corrected chi connectivity index (χ3v) is 3.85. The molecule has 120 valence electrons. The van der Waals surface area contributed by atoms with Crippen molar-refractivity contribution >= 4 is 28.5 Å². The summed E-state index contributed by atoms with van der Waals surface area (Å²) < 4.78 is 1.72. The van der Waals surface area contributed by atoms with Crippen LogP contribution in [0, 0.1) is 0 Å². The van der Waals surface area contributed by atoms with Crippen LogP contribution in [0.1, 0.15) is 0 Å². The number of benzene rings is 1. The highest BCUT2D eigenvalue weighted by Crippen LogP contribution is 2.34. The molecule has 0 aliphatic carbocycles. The van der Waals surface area contributed by atoms with Crippen molar-refractivity contribution in [2.45, 2.75) is 6.10 Å². The van der Waals surface area contributed by atoms with Crippen molar-refractivity contribution in [3.05, 3.63) is 53.8 Å². The Labute approximate surface area is 137 Å². The van der Waals surface area contributed by atoms with Gasteiger partial charge >= 0.3 is 0 Å². The summed E-state index contributed by atoms with van der Waals surface area (Å²) in [6.45, 7) is -0.199. The summed E-state index contributed by atoms with van der Waals surface area (Å²) in [7, 11) is 0. The highest BCUT2D eigenvalue weighted by Gasteiger charge is 2.18. The Kier molecular flexibility index (Phi) is 4.38. The number of nitrogens with zero attached hydrogens (tertiary/aromatic N) is 3. The average Bonchev–Trinajstić information content (AvgIpc) is 2.99. The molecule has 3 N–H and O–H groups in total. The molecule has 3 rings (SSSR count). The summed E-state index contributed by atoms with van der Waals surface area (Å²) in [5.41, 5.74) is 2.29. The second kappa shape index (κ2) is 6.45. The van der Waals surface area contributed by atoms with Gasteiger partial charge in [0.1, 0.15) is 5.75 Å². The quantitative estimate of drug-likeness (QED) is 0.667. The fourth-order valence-electron chi connectivity index (χ4n) is 2.40. The number of pyridine rings is 1. The Balaban J connectivity index is 2.09. The van der Waals surface area contributed by atoms with Gasteiger partial charge in [0.15, 0.2) is 0 Å². The third-order valence-electron chi connectivity index (χ3n) is 3.54. The highest BCUT2D eigenvalue weighted by molar-refractivity contribution is 6.32. The summed E-state index contributed by atoms with van der Waals surface area (Å²) in [5.74, 6) is -0.0158.